The Bertz CT molecular complexity index is 1080. The molecule has 2 amide bonds. The maximum Gasteiger partial charge on any atom is 0.418 e. The molecule has 6 nitrogen and oxygen atoms in total. The van der Waals surface area contributed by atoms with Gasteiger partial charge in [0.25, 0.3) is 0 Å². The van der Waals surface area contributed by atoms with Gasteiger partial charge in [0, 0.05) is 24.6 Å². The molecule has 4 rings (SSSR count). The van der Waals surface area contributed by atoms with Crippen molar-refractivity contribution in [2.24, 2.45) is 0 Å². The van der Waals surface area contributed by atoms with Gasteiger partial charge in [-0.2, -0.15) is 18.2 Å². The molecule has 0 spiro atoms. The van der Waals surface area contributed by atoms with Crippen LogP contribution >= 0.6 is 11.6 Å². The molecule has 0 saturated carbocycles. The summed E-state index contributed by atoms with van der Waals surface area (Å²) in [5.74, 6) is 0.803. The Morgan fingerprint density at radius 1 is 1.10 bits per heavy atom. The Morgan fingerprint density at radius 2 is 1.77 bits per heavy atom. The van der Waals surface area contributed by atoms with Crippen LogP contribution in [0, 0.1) is 0 Å². The van der Waals surface area contributed by atoms with E-state index in [0.29, 0.717) is 48.2 Å². The maximum absolute atomic E-state index is 13.1. The number of urea groups is 1. The van der Waals surface area contributed by atoms with Gasteiger partial charge in [-0.3, -0.25) is 0 Å². The quantitative estimate of drug-likeness (QED) is 0.545. The lowest BCUT2D eigenvalue weighted by atomic mass is 9.97. The highest BCUT2D eigenvalue weighted by atomic mass is 35.5. The normalized spacial score (nSPS) is 15.2. The smallest absolute Gasteiger partial charge is 0.339 e. The van der Waals surface area contributed by atoms with Gasteiger partial charge in [-0.05, 0) is 37.1 Å². The highest BCUT2D eigenvalue weighted by Gasteiger charge is 2.34. The summed E-state index contributed by atoms with van der Waals surface area (Å²) in [7, 11) is 0. The number of rotatable bonds is 3. The van der Waals surface area contributed by atoms with Crippen molar-refractivity contribution in [1.29, 1.82) is 0 Å². The molecule has 31 heavy (non-hydrogen) atoms. The molecular weight excluding hydrogens is 433 g/mol. The molecule has 1 aliphatic heterocycles. The summed E-state index contributed by atoms with van der Waals surface area (Å²) in [6.45, 7) is 0.711. The zero-order chi connectivity index (χ0) is 22.0. The molecule has 0 bridgehead atoms. The largest absolute Gasteiger partial charge is 0.418 e. The lowest BCUT2D eigenvalue weighted by Gasteiger charge is -2.30. The summed E-state index contributed by atoms with van der Waals surface area (Å²) in [6.07, 6.45) is -3.44. The predicted molar refractivity (Wildman–Crippen MR) is 109 cm³/mol. The Labute approximate surface area is 181 Å². The van der Waals surface area contributed by atoms with Crippen LogP contribution < -0.4 is 5.32 Å². The number of anilines is 1. The van der Waals surface area contributed by atoms with Crippen molar-refractivity contribution in [3.8, 4) is 11.4 Å². The molecule has 1 aromatic heterocycles. The second-order valence-corrected chi connectivity index (χ2v) is 7.58. The third-order valence-electron chi connectivity index (χ3n) is 5.16. The fourth-order valence-corrected chi connectivity index (χ4v) is 3.74. The molecule has 0 atom stereocenters. The van der Waals surface area contributed by atoms with Crippen LogP contribution in [0.5, 0.6) is 0 Å². The Kier molecular flexibility index (Phi) is 5.86. The van der Waals surface area contributed by atoms with Crippen molar-refractivity contribution < 1.29 is 22.5 Å². The number of para-hydroxylation sites is 1. The summed E-state index contributed by atoms with van der Waals surface area (Å²) in [4.78, 5) is 18.4. The Hall–Kier alpha value is -3.07. The predicted octanol–water partition coefficient (Wildman–Crippen LogP) is 5.82. The van der Waals surface area contributed by atoms with Crippen LogP contribution in [0.25, 0.3) is 11.4 Å². The van der Waals surface area contributed by atoms with Crippen molar-refractivity contribution in [1.82, 2.24) is 15.0 Å². The first kappa shape index (κ1) is 21.2. The van der Waals surface area contributed by atoms with Crippen LogP contribution in [0.4, 0.5) is 23.7 Å². The van der Waals surface area contributed by atoms with Gasteiger partial charge < -0.3 is 14.7 Å². The van der Waals surface area contributed by atoms with Gasteiger partial charge in [-0.15, -0.1) is 0 Å². The van der Waals surface area contributed by atoms with Crippen molar-refractivity contribution in [3.63, 3.8) is 0 Å². The van der Waals surface area contributed by atoms with Gasteiger partial charge in [-0.25, -0.2) is 4.79 Å². The van der Waals surface area contributed by atoms with Crippen LogP contribution in [0.15, 0.2) is 53.1 Å². The molecule has 1 N–H and O–H groups in total. The van der Waals surface area contributed by atoms with Crippen LogP contribution in [-0.2, 0) is 6.18 Å². The number of benzene rings is 2. The van der Waals surface area contributed by atoms with Gasteiger partial charge in [0.2, 0.25) is 11.7 Å². The average molecular weight is 451 g/mol. The number of likely N-dealkylation sites (tertiary alicyclic amines) is 1. The molecule has 3 aromatic rings. The molecule has 1 saturated heterocycles. The van der Waals surface area contributed by atoms with Gasteiger partial charge >= 0.3 is 12.2 Å². The number of piperidine rings is 1. The average Bonchev–Trinajstić information content (AvgIpc) is 3.24. The summed E-state index contributed by atoms with van der Waals surface area (Å²) >= 11 is 6.17. The Balaban J connectivity index is 1.39. The van der Waals surface area contributed by atoms with Crippen molar-refractivity contribution >= 4 is 23.3 Å². The number of amides is 2. The zero-order valence-corrected chi connectivity index (χ0v) is 17.0. The van der Waals surface area contributed by atoms with E-state index in [-0.39, 0.29) is 11.6 Å². The third kappa shape index (κ3) is 4.66. The molecule has 0 aliphatic carbocycles. The van der Waals surface area contributed by atoms with Crippen LogP contribution in [0.2, 0.25) is 5.02 Å². The van der Waals surface area contributed by atoms with E-state index in [9.17, 15) is 18.0 Å². The first-order valence-electron chi connectivity index (χ1n) is 9.63. The highest BCUT2D eigenvalue weighted by molar-refractivity contribution is 6.33. The number of halogens is 4. The molecule has 0 radical (unpaired) electrons. The van der Waals surface area contributed by atoms with E-state index in [2.05, 4.69) is 15.5 Å². The molecule has 1 fully saturated rings. The monoisotopic (exact) mass is 450 g/mol. The topological polar surface area (TPSA) is 71.3 Å². The van der Waals surface area contributed by atoms with E-state index in [4.69, 9.17) is 16.1 Å². The number of nitrogens with zero attached hydrogens (tertiary/aromatic N) is 3. The molecule has 162 valence electrons. The summed E-state index contributed by atoms with van der Waals surface area (Å²) in [5.41, 5.74) is -0.473. The second kappa shape index (κ2) is 8.58. The number of carbonyl (C=O) groups excluding carboxylic acids is 1. The molecule has 1 aliphatic rings. The fourth-order valence-electron chi connectivity index (χ4n) is 3.52. The van der Waals surface area contributed by atoms with E-state index in [1.54, 1.807) is 18.2 Å². The van der Waals surface area contributed by atoms with Crippen LogP contribution in [-0.4, -0.2) is 34.2 Å². The van der Waals surface area contributed by atoms with Crippen molar-refractivity contribution in [2.75, 3.05) is 18.4 Å². The first-order valence-corrected chi connectivity index (χ1v) is 10.0. The van der Waals surface area contributed by atoms with E-state index in [1.165, 1.54) is 23.1 Å². The minimum atomic E-state index is -4.55. The zero-order valence-electron chi connectivity index (χ0n) is 16.2. The van der Waals surface area contributed by atoms with E-state index >= 15 is 0 Å². The van der Waals surface area contributed by atoms with E-state index in [1.807, 2.05) is 6.07 Å². The van der Waals surface area contributed by atoms with Crippen molar-refractivity contribution in [2.45, 2.75) is 24.9 Å². The van der Waals surface area contributed by atoms with Crippen LogP contribution in [0.3, 0.4) is 0 Å². The fraction of sp³-hybridized carbons (Fsp3) is 0.286. The number of hydrogen-bond acceptors (Lipinski definition) is 4. The van der Waals surface area contributed by atoms with Gasteiger partial charge in [0.1, 0.15) is 0 Å². The lowest BCUT2D eigenvalue weighted by molar-refractivity contribution is -0.136. The van der Waals surface area contributed by atoms with Crippen molar-refractivity contribution in [3.05, 3.63) is 65.0 Å². The van der Waals surface area contributed by atoms with E-state index < -0.39 is 17.8 Å². The standard InChI is InChI=1S/C21H18ClF3N4O2/c22-16-7-3-1-5-14(16)18-27-19(31-28-18)13-9-11-29(12-10-13)20(30)26-17-8-4-2-6-15(17)21(23,24)25/h1-8,13H,9-12H2,(H,26,30). The highest BCUT2D eigenvalue weighted by Crippen LogP contribution is 2.35. The molecule has 2 aromatic carbocycles. The number of carbonyl (C=O) groups is 1. The van der Waals surface area contributed by atoms with Gasteiger partial charge in [0.05, 0.1) is 16.3 Å². The number of alkyl halides is 3. The first-order chi connectivity index (χ1) is 14.8. The third-order valence-corrected chi connectivity index (χ3v) is 5.49. The Morgan fingerprint density at radius 3 is 2.48 bits per heavy atom. The molecular formula is C21H18ClF3N4O2. The number of hydrogen-bond donors (Lipinski definition) is 1. The van der Waals surface area contributed by atoms with Crippen LogP contribution in [0.1, 0.15) is 30.2 Å². The molecule has 10 heteroatoms. The number of nitrogens with one attached hydrogen (secondary N) is 1. The minimum absolute atomic E-state index is 0.0461. The van der Waals surface area contributed by atoms with Gasteiger partial charge in [0.15, 0.2) is 0 Å². The van der Waals surface area contributed by atoms with Gasteiger partial charge in [-0.1, -0.05) is 41.0 Å². The summed E-state index contributed by atoms with van der Waals surface area (Å²) in [5, 5.41) is 6.88. The SMILES string of the molecule is O=C(Nc1ccccc1C(F)(F)F)N1CCC(c2nc(-c3ccccc3Cl)no2)CC1. The second-order valence-electron chi connectivity index (χ2n) is 7.17. The maximum atomic E-state index is 13.1. The molecule has 0 unspecified atom stereocenters. The minimum Gasteiger partial charge on any atom is -0.339 e. The molecule has 2 heterocycles. The summed E-state index contributed by atoms with van der Waals surface area (Å²) < 4.78 is 44.8. The van der Waals surface area contributed by atoms with E-state index in [0.717, 1.165) is 6.07 Å². The number of aromatic nitrogens is 2. The lowest BCUT2D eigenvalue weighted by Crippen LogP contribution is -2.40. The summed E-state index contributed by atoms with van der Waals surface area (Å²) in [6, 6.07) is 11.5.